The first-order valence-electron chi connectivity index (χ1n) is 6.31. The van der Waals surface area contributed by atoms with Crippen LogP contribution in [0.15, 0.2) is 0 Å². The van der Waals surface area contributed by atoms with Crippen molar-refractivity contribution in [3.63, 3.8) is 0 Å². The Balaban J connectivity index is 2.20. The number of hydrogen-bond donors (Lipinski definition) is 0. The maximum Gasteiger partial charge on any atom is 0.141 e. The second-order valence-corrected chi connectivity index (χ2v) is 5.32. The Labute approximate surface area is 92.4 Å². The van der Waals surface area contributed by atoms with Crippen molar-refractivity contribution in [3.8, 4) is 0 Å². The van der Waals surface area contributed by atoms with Gasteiger partial charge in [-0.05, 0) is 44.9 Å². The minimum atomic E-state index is -0.174. The molecule has 0 aromatic rings. The van der Waals surface area contributed by atoms with Gasteiger partial charge in [0.1, 0.15) is 5.78 Å². The van der Waals surface area contributed by atoms with Gasteiger partial charge in [-0.3, -0.25) is 4.79 Å². The number of fused-ring (bicyclic) bond motifs is 5. The number of Topliss-reactive ketones (excluding diaryl/α,β-unsaturated/α-hetero) is 1. The second kappa shape index (κ2) is 4.25. The van der Waals surface area contributed by atoms with E-state index < -0.39 is 0 Å². The molecule has 0 radical (unpaired) electrons. The van der Waals surface area contributed by atoms with Crippen LogP contribution in [0.3, 0.4) is 0 Å². The van der Waals surface area contributed by atoms with E-state index in [1.165, 1.54) is 12.8 Å². The highest BCUT2D eigenvalue weighted by molar-refractivity contribution is 5.85. The third kappa shape index (κ3) is 1.96. The number of rotatable bonds is 2. The van der Waals surface area contributed by atoms with Crippen molar-refractivity contribution in [3.05, 3.63) is 0 Å². The number of hydrogen-bond acceptors (Lipinski definition) is 2. The molecule has 1 unspecified atom stereocenters. The van der Waals surface area contributed by atoms with Crippen LogP contribution < -0.4 is 0 Å². The van der Waals surface area contributed by atoms with Crippen molar-refractivity contribution in [2.45, 2.75) is 58.5 Å². The molecule has 3 saturated carbocycles. The van der Waals surface area contributed by atoms with Crippen molar-refractivity contribution in [2.75, 3.05) is 6.61 Å². The normalized spacial score (nSPS) is 41.3. The van der Waals surface area contributed by atoms with E-state index in [2.05, 4.69) is 6.92 Å². The Morgan fingerprint density at radius 2 is 2.27 bits per heavy atom. The van der Waals surface area contributed by atoms with Gasteiger partial charge in [0, 0.05) is 13.0 Å². The van der Waals surface area contributed by atoms with Gasteiger partial charge in [0.15, 0.2) is 0 Å². The van der Waals surface area contributed by atoms with E-state index in [1.807, 2.05) is 6.92 Å². The van der Waals surface area contributed by atoms with E-state index in [1.54, 1.807) is 0 Å². The Morgan fingerprint density at radius 1 is 1.47 bits per heavy atom. The molecular weight excluding hydrogens is 188 g/mol. The van der Waals surface area contributed by atoms with Gasteiger partial charge < -0.3 is 4.74 Å². The Bertz CT molecular complexity index is 249. The maximum absolute atomic E-state index is 12.1. The van der Waals surface area contributed by atoms with Crippen molar-refractivity contribution >= 4 is 5.78 Å². The van der Waals surface area contributed by atoms with Gasteiger partial charge in [-0.25, -0.2) is 0 Å². The van der Waals surface area contributed by atoms with Crippen LogP contribution in [-0.4, -0.2) is 18.5 Å². The first-order valence-corrected chi connectivity index (χ1v) is 6.31. The van der Waals surface area contributed by atoms with Crippen molar-refractivity contribution in [1.82, 2.24) is 0 Å². The molecule has 0 amide bonds. The predicted molar refractivity (Wildman–Crippen MR) is 59.7 cm³/mol. The summed E-state index contributed by atoms with van der Waals surface area (Å²) >= 11 is 0. The molecule has 3 fully saturated rings. The highest BCUT2D eigenvalue weighted by Gasteiger charge is 2.46. The second-order valence-electron chi connectivity index (χ2n) is 5.32. The van der Waals surface area contributed by atoms with Gasteiger partial charge >= 0.3 is 0 Å². The molecule has 3 rings (SSSR count). The topological polar surface area (TPSA) is 26.3 Å². The smallest absolute Gasteiger partial charge is 0.141 e. The van der Waals surface area contributed by atoms with Crippen LogP contribution >= 0.6 is 0 Å². The van der Waals surface area contributed by atoms with Gasteiger partial charge in [-0.15, -0.1) is 0 Å². The molecule has 3 aliphatic carbocycles. The van der Waals surface area contributed by atoms with Crippen LogP contribution in [0, 0.1) is 11.3 Å². The van der Waals surface area contributed by atoms with Gasteiger partial charge in [-0.1, -0.05) is 6.92 Å². The first kappa shape index (κ1) is 11.1. The third-order valence-electron chi connectivity index (χ3n) is 4.35. The molecule has 3 aliphatic rings. The van der Waals surface area contributed by atoms with E-state index in [0.717, 1.165) is 38.2 Å². The monoisotopic (exact) mass is 210 g/mol. The van der Waals surface area contributed by atoms with Gasteiger partial charge in [0.2, 0.25) is 0 Å². The standard InChI is InChI=1S/C13H22O2/c1-3-15-12-9-10-5-4-6-11(14)13(12,2)8-7-10/h10,12H,3-9H2,1-2H3/t10-,12?,13-/m1/s1. The van der Waals surface area contributed by atoms with Crippen molar-refractivity contribution in [2.24, 2.45) is 11.3 Å². The van der Waals surface area contributed by atoms with Crippen LogP contribution in [0.2, 0.25) is 0 Å². The van der Waals surface area contributed by atoms with Crippen molar-refractivity contribution < 1.29 is 9.53 Å². The van der Waals surface area contributed by atoms with E-state index in [-0.39, 0.29) is 11.5 Å². The zero-order valence-corrected chi connectivity index (χ0v) is 9.92. The van der Waals surface area contributed by atoms with Crippen LogP contribution in [0.1, 0.15) is 52.4 Å². The Hall–Kier alpha value is -0.370. The molecule has 3 atom stereocenters. The summed E-state index contributed by atoms with van der Waals surface area (Å²) in [7, 11) is 0. The molecule has 2 bridgehead atoms. The lowest BCUT2D eigenvalue weighted by Gasteiger charge is -2.44. The molecule has 2 heteroatoms. The highest BCUT2D eigenvalue weighted by atomic mass is 16.5. The van der Waals surface area contributed by atoms with E-state index >= 15 is 0 Å². The number of carbonyl (C=O) groups excluding carboxylic acids is 1. The molecule has 86 valence electrons. The molecule has 15 heavy (non-hydrogen) atoms. The van der Waals surface area contributed by atoms with Crippen molar-refractivity contribution in [1.29, 1.82) is 0 Å². The number of ketones is 1. The van der Waals surface area contributed by atoms with Crippen LogP contribution in [0.25, 0.3) is 0 Å². The fourth-order valence-electron chi connectivity index (χ4n) is 3.22. The summed E-state index contributed by atoms with van der Waals surface area (Å²) in [6.45, 7) is 4.89. The summed E-state index contributed by atoms with van der Waals surface area (Å²) in [5.41, 5.74) is -0.174. The third-order valence-corrected chi connectivity index (χ3v) is 4.35. The fraction of sp³-hybridized carbons (Fsp3) is 0.923. The van der Waals surface area contributed by atoms with Gasteiger partial charge in [0.25, 0.3) is 0 Å². The molecule has 0 spiro atoms. The summed E-state index contributed by atoms with van der Waals surface area (Å²) < 4.78 is 5.80. The minimum absolute atomic E-state index is 0.174. The summed E-state index contributed by atoms with van der Waals surface area (Å²) in [4.78, 5) is 12.1. The van der Waals surface area contributed by atoms with E-state index in [0.29, 0.717) is 5.78 Å². The molecule has 0 N–H and O–H groups in total. The average molecular weight is 210 g/mol. The van der Waals surface area contributed by atoms with Crippen LogP contribution in [-0.2, 0) is 9.53 Å². The van der Waals surface area contributed by atoms with Crippen LogP contribution in [0.5, 0.6) is 0 Å². The summed E-state index contributed by atoms with van der Waals surface area (Å²) in [6, 6.07) is 0. The molecule has 0 heterocycles. The minimum Gasteiger partial charge on any atom is -0.377 e. The number of carbonyl (C=O) groups is 1. The quantitative estimate of drug-likeness (QED) is 0.700. The van der Waals surface area contributed by atoms with E-state index in [9.17, 15) is 4.79 Å². The SMILES string of the molecule is CCOC1C[C@@H]2CCCC(=O)[C@@]1(C)CC2. The fourth-order valence-corrected chi connectivity index (χ4v) is 3.22. The average Bonchev–Trinajstić information content (AvgIpc) is 2.21. The highest BCUT2D eigenvalue weighted by Crippen LogP contribution is 2.45. The van der Waals surface area contributed by atoms with Gasteiger partial charge in [-0.2, -0.15) is 0 Å². The zero-order valence-electron chi connectivity index (χ0n) is 9.92. The largest absolute Gasteiger partial charge is 0.377 e. The molecular formula is C13H22O2. The molecule has 0 aromatic carbocycles. The lowest BCUT2D eigenvalue weighted by Crippen LogP contribution is -2.47. The Kier molecular flexibility index (Phi) is 3.15. The van der Waals surface area contributed by atoms with Crippen LogP contribution in [0.4, 0.5) is 0 Å². The Morgan fingerprint density at radius 3 is 3.00 bits per heavy atom. The molecule has 2 nitrogen and oxygen atoms in total. The summed E-state index contributed by atoms with van der Waals surface area (Å²) in [5.74, 6) is 1.25. The lowest BCUT2D eigenvalue weighted by atomic mass is 9.63. The lowest BCUT2D eigenvalue weighted by molar-refractivity contribution is -0.146. The summed E-state index contributed by atoms with van der Waals surface area (Å²) in [5, 5.41) is 0. The predicted octanol–water partition coefficient (Wildman–Crippen LogP) is 2.95. The van der Waals surface area contributed by atoms with Gasteiger partial charge in [0.05, 0.1) is 11.5 Å². The molecule has 0 aromatic heterocycles. The molecule has 0 aliphatic heterocycles. The zero-order chi connectivity index (χ0) is 10.9. The number of ether oxygens (including phenoxy) is 1. The van der Waals surface area contributed by atoms with E-state index in [4.69, 9.17) is 4.74 Å². The summed E-state index contributed by atoms with van der Waals surface area (Å²) in [6.07, 6.45) is 6.66. The maximum atomic E-state index is 12.1. The molecule has 0 saturated heterocycles. The first-order chi connectivity index (χ1) is 7.16.